The fourth-order valence-electron chi connectivity index (χ4n) is 2.48. The number of nitrogens with zero attached hydrogens (tertiary/aromatic N) is 3. The molecule has 120 valence electrons. The van der Waals surface area contributed by atoms with Crippen LogP contribution in [-0.2, 0) is 4.74 Å². The number of aliphatic hydroxyl groups is 2. The van der Waals surface area contributed by atoms with Crippen molar-refractivity contribution in [2.45, 2.75) is 31.5 Å². The highest BCUT2D eigenvalue weighted by Gasteiger charge is 2.43. The van der Waals surface area contributed by atoms with Crippen LogP contribution in [0.4, 0.5) is 5.95 Å². The van der Waals surface area contributed by atoms with E-state index >= 15 is 0 Å². The Labute approximate surface area is 135 Å². The molecule has 0 amide bonds. The van der Waals surface area contributed by atoms with E-state index in [9.17, 15) is 10.2 Å². The lowest BCUT2D eigenvalue weighted by atomic mass is 10.1. The third kappa shape index (κ3) is 2.61. The van der Waals surface area contributed by atoms with Crippen LogP contribution in [-0.4, -0.2) is 59.5 Å². The topological polar surface area (TPSA) is 122 Å². The van der Waals surface area contributed by atoms with Gasteiger partial charge < -0.3 is 25.7 Å². The van der Waals surface area contributed by atoms with Gasteiger partial charge in [-0.15, -0.1) is 0 Å². The molecule has 1 saturated heterocycles. The summed E-state index contributed by atoms with van der Waals surface area (Å²) in [5, 5.41) is 20.4. The summed E-state index contributed by atoms with van der Waals surface area (Å²) in [6.45, 7) is 2.03. The van der Waals surface area contributed by atoms with Gasteiger partial charge in [-0.3, -0.25) is 4.57 Å². The number of H-pyrrole nitrogens is 1. The van der Waals surface area contributed by atoms with E-state index < -0.39 is 24.5 Å². The van der Waals surface area contributed by atoms with Gasteiger partial charge in [-0.25, -0.2) is 9.97 Å². The predicted octanol–water partition coefficient (Wildman–Crippen LogP) is 0.443. The maximum absolute atomic E-state index is 10.3. The van der Waals surface area contributed by atoms with Gasteiger partial charge in [0.1, 0.15) is 23.4 Å². The van der Waals surface area contributed by atoms with Gasteiger partial charge in [0.2, 0.25) is 0 Å². The smallest absolute Gasteiger partial charge is 0.200 e. The fraction of sp³-hybridized carbons (Fsp3) is 0.583. The van der Waals surface area contributed by atoms with Gasteiger partial charge in [0.25, 0.3) is 0 Å². The molecule has 3 rings (SSSR count). The minimum atomic E-state index is -1.06. The molecule has 8 nitrogen and oxygen atoms in total. The molecule has 3 heterocycles. The SMILES string of the molecule is CCSCC1OC(n2cnc3c(=S)nc(N)[nH]c32)C(O)C1O. The number of hydrogen-bond donors (Lipinski definition) is 4. The van der Waals surface area contributed by atoms with Gasteiger partial charge in [-0.1, -0.05) is 19.1 Å². The molecule has 5 N–H and O–H groups in total. The molecule has 22 heavy (non-hydrogen) atoms. The van der Waals surface area contributed by atoms with E-state index in [4.69, 9.17) is 22.7 Å². The third-order valence-corrected chi connectivity index (χ3v) is 4.82. The Bertz CT molecular complexity index is 733. The zero-order valence-electron chi connectivity index (χ0n) is 11.8. The maximum atomic E-state index is 10.3. The molecule has 4 atom stereocenters. The minimum Gasteiger partial charge on any atom is -0.387 e. The molecule has 10 heteroatoms. The molecule has 0 saturated carbocycles. The van der Waals surface area contributed by atoms with E-state index in [2.05, 4.69) is 15.0 Å². The molecule has 0 radical (unpaired) electrons. The molecule has 4 unspecified atom stereocenters. The second-order valence-electron chi connectivity index (χ2n) is 4.98. The van der Waals surface area contributed by atoms with Gasteiger partial charge in [-0.05, 0) is 5.75 Å². The monoisotopic (exact) mass is 343 g/mol. The maximum Gasteiger partial charge on any atom is 0.200 e. The standard InChI is InChI=1S/C12H17N5O3S2/c1-2-22-3-5-7(18)8(19)11(20-5)17-4-14-6-9(17)15-12(13)16-10(6)21/h4-5,7-8,11,18-19H,2-3H2,1H3,(H3,13,15,16,21). The number of thioether (sulfide) groups is 1. The molecule has 2 aromatic rings. The number of nitrogen functional groups attached to an aromatic ring is 1. The quantitative estimate of drug-likeness (QED) is 0.590. The van der Waals surface area contributed by atoms with Crippen LogP contribution >= 0.6 is 24.0 Å². The number of nitrogens with two attached hydrogens (primary N) is 1. The highest BCUT2D eigenvalue weighted by Crippen LogP contribution is 2.32. The van der Waals surface area contributed by atoms with Crippen LogP contribution in [0.3, 0.4) is 0 Å². The third-order valence-electron chi connectivity index (χ3n) is 3.56. The van der Waals surface area contributed by atoms with E-state index in [1.807, 2.05) is 6.92 Å². The second kappa shape index (κ2) is 6.13. The van der Waals surface area contributed by atoms with Crippen LogP contribution in [0.2, 0.25) is 0 Å². The molecule has 0 aliphatic carbocycles. The van der Waals surface area contributed by atoms with Gasteiger partial charge >= 0.3 is 0 Å². The van der Waals surface area contributed by atoms with Crippen molar-refractivity contribution in [1.29, 1.82) is 0 Å². The zero-order chi connectivity index (χ0) is 15.9. The number of imidazole rings is 1. The Morgan fingerprint density at radius 1 is 1.50 bits per heavy atom. The Morgan fingerprint density at radius 3 is 3.00 bits per heavy atom. The van der Waals surface area contributed by atoms with E-state index in [1.165, 1.54) is 6.33 Å². The minimum absolute atomic E-state index is 0.158. The van der Waals surface area contributed by atoms with Gasteiger partial charge in [-0.2, -0.15) is 11.8 Å². The molecule has 1 aliphatic rings. The number of aromatic amines is 1. The first-order chi connectivity index (χ1) is 10.5. The molecular weight excluding hydrogens is 326 g/mol. The molecule has 0 bridgehead atoms. The number of anilines is 1. The molecule has 1 fully saturated rings. The van der Waals surface area contributed by atoms with Crippen molar-refractivity contribution < 1.29 is 14.9 Å². The predicted molar refractivity (Wildman–Crippen MR) is 86.0 cm³/mol. The van der Waals surface area contributed by atoms with Crippen LogP contribution in [0.5, 0.6) is 0 Å². The first kappa shape index (κ1) is 15.7. The van der Waals surface area contributed by atoms with Crippen molar-refractivity contribution in [3.05, 3.63) is 11.0 Å². The average molecular weight is 343 g/mol. The Balaban J connectivity index is 1.96. The van der Waals surface area contributed by atoms with Crippen LogP contribution in [0, 0.1) is 4.64 Å². The molecule has 0 spiro atoms. The summed E-state index contributed by atoms with van der Waals surface area (Å²) in [7, 11) is 0. The zero-order valence-corrected chi connectivity index (χ0v) is 13.5. The normalized spacial score (nSPS) is 28.5. The summed E-state index contributed by atoms with van der Waals surface area (Å²) in [6, 6.07) is 0. The number of hydrogen-bond acceptors (Lipinski definition) is 8. The van der Waals surface area contributed by atoms with Crippen molar-refractivity contribution in [3.8, 4) is 0 Å². The van der Waals surface area contributed by atoms with Crippen molar-refractivity contribution in [2.75, 3.05) is 17.2 Å². The lowest BCUT2D eigenvalue weighted by Crippen LogP contribution is -2.32. The first-order valence-corrected chi connectivity index (χ1v) is 8.41. The highest BCUT2D eigenvalue weighted by molar-refractivity contribution is 7.99. The Morgan fingerprint density at radius 2 is 2.27 bits per heavy atom. The van der Waals surface area contributed by atoms with E-state index in [0.717, 1.165) is 5.75 Å². The number of aromatic nitrogens is 4. The summed E-state index contributed by atoms with van der Waals surface area (Å²) in [6.07, 6.45) is -1.71. The highest BCUT2D eigenvalue weighted by atomic mass is 32.2. The van der Waals surface area contributed by atoms with Crippen LogP contribution < -0.4 is 5.73 Å². The van der Waals surface area contributed by atoms with Crippen LogP contribution in [0.1, 0.15) is 13.2 Å². The van der Waals surface area contributed by atoms with E-state index in [-0.39, 0.29) is 10.6 Å². The van der Waals surface area contributed by atoms with Crippen molar-refractivity contribution in [3.63, 3.8) is 0 Å². The summed E-state index contributed by atoms with van der Waals surface area (Å²) in [5.74, 6) is 1.68. The number of nitrogens with one attached hydrogen (secondary N) is 1. The molecule has 1 aliphatic heterocycles. The van der Waals surface area contributed by atoms with Gasteiger partial charge in [0.15, 0.2) is 16.8 Å². The van der Waals surface area contributed by atoms with E-state index in [1.54, 1.807) is 16.3 Å². The van der Waals surface area contributed by atoms with Crippen molar-refractivity contribution in [1.82, 2.24) is 19.5 Å². The van der Waals surface area contributed by atoms with Crippen molar-refractivity contribution >= 4 is 41.1 Å². The summed E-state index contributed by atoms with van der Waals surface area (Å²) in [4.78, 5) is 11.0. The number of rotatable bonds is 4. The average Bonchev–Trinajstić information content (AvgIpc) is 3.00. The summed E-state index contributed by atoms with van der Waals surface area (Å²) in [5.41, 5.74) is 6.66. The Kier molecular flexibility index (Phi) is 4.37. The Hall–Kier alpha value is -1.20. The summed E-state index contributed by atoms with van der Waals surface area (Å²) < 4.78 is 7.67. The van der Waals surface area contributed by atoms with Crippen LogP contribution in [0.25, 0.3) is 11.2 Å². The molecule has 2 aromatic heterocycles. The van der Waals surface area contributed by atoms with Crippen molar-refractivity contribution in [2.24, 2.45) is 0 Å². The second-order valence-corrected chi connectivity index (χ2v) is 6.69. The lowest BCUT2D eigenvalue weighted by molar-refractivity contribution is -0.0288. The first-order valence-electron chi connectivity index (χ1n) is 6.84. The number of aliphatic hydroxyl groups excluding tert-OH is 2. The molecule has 0 aromatic carbocycles. The van der Waals surface area contributed by atoms with Gasteiger partial charge in [0, 0.05) is 5.75 Å². The summed E-state index contributed by atoms with van der Waals surface area (Å²) >= 11 is 6.76. The van der Waals surface area contributed by atoms with E-state index in [0.29, 0.717) is 16.9 Å². The largest absolute Gasteiger partial charge is 0.387 e. The lowest BCUT2D eigenvalue weighted by Gasteiger charge is -2.16. The number of ether oxygens (including phenoxy) is 1. The fourth-order valence-corrected chi connectivity index (χ4v) is 3.47. The molecular formula is C12H17N5O3S2. The number of fused-ring (bicyclic) bond motifs is 1. The van der Waals surface area contributed by atoms with Crippen LogP contribution in [0.15, 0.2) is 6.33 Å². The van der Waals surface area contributed by atoms with Gasteiger partial charge in [0.05, 0.1) is 12.4 Å².